The van der Waals surface area contributed by atoms with Gasteiger partial charge in [0.25, 0.3) is 5.91 Å². The SMILES string of the molecule is C=CCn1c(CN(CCC(C)C)C(=O)c2ccc(F)c(Br)c2)nc2ccccc21. The Balaban J connectivity index is 1.96. The number of nitrogens with zero attached hydrogens (tertiary/aromatic N) is 3. The lowest BCUT2D eigenvalue weighted by Gasteiger charge is -2.24. The third-order valence-electron chi connectivity index (χ3n) is 4.81. The summed E-state index contributed by atoms with van der Waals surface area (Å²) in [6.07, 6.45) is 2.70. The number of rotatable bonds is 8. The minimum atomic E-state index is -0.386. The Morgan fingerprint density at radius 1 is 1.31 bits per heavy atom. The van der Waals surface area contributed by atoms with E-state index in [2.05, 4.69) is 40.9 Å². The van der Waals surface area contributed by atoms with E-state index in [1.807, 2.05) is 30.3 Å². The average Bonchev–Trinajstić information content (AvgIpc) is 3.04. The van der Waals surface area contributed by atoms with Crippen LogP contribution in [0, 0.1) is 11.7 Å². The molecule has 4 nitrogen and oxygen atoms in total. The molecule has 6 heteroatoms. The Kier molecular flexibility index (Phi) is 6.85. The minimum absolute atomic E-state index is 0.136. The lowest BCUT2D eigenvalue weighted by atomic mass is 10.1. The highest BCUT2D eigenvalue weighted by Gasteiger charge is 2.21. The van der Waals surface area contributed by atoms with Crippen LogP contribution < -0.4 is 0 Å². The Morgan fingerprint density at radius 2 is 2.07 bits per heavy atom. The molecule has 1 aromatic heterocycles. The van der Waals surface area contributed by atoms with E-state index in [4.69, 9.17) is 4.98 Å². The van der Waals surface area contributed by atoms with E-state index in [9.17, 15) is 9.18 Å². The molecule has 0 aliphatic rings. The van der Waals surface area contributed by atoms with Gasteiger partial charge in [0.05, 0.1) is 22.1 Å². The molecule has 0 spiro atoms. The highest BCUT2D eigenvalue weighted by Crippen LogP contribution is 2.21. The number of carbonyl (C=O) groups is 1. The zero-order valence-corrected chi connectivity index (χ0v) is 18.3. The number of para-hydroxylation sites is 2. The van der Waals surface area contributed by atoms with Crippen LogP contribution in [0.25, 0.3) is 11.0 Å². The van der Waals surface area contributed by atoms with Gasteiger partial charge in [-0.3, -0.25) is 4.79 Å². The third kappa shape index (κ3) is 4.93. The van der Waals surface area contributed by atoms with E-state index in [0.717, 1.165) is 23.3 Å². The fraction of sp³-hybridized carbons (Fsp3) is 0.304. The van der Waals surface area contributed by atoms with Crippen molar-refractivity contribution >= 4 is 32.9 Å². The molecule has 0 aliphatic heterocycles. The average molecular weight is 458 g/mol. The zero-order chi connectivity index (χ0) is 21.0. The smallest absolute Gasteiger partial charge is 0.254 e. The van der Waals surface area contributed by atoms with Gasteiger partial charge in [-0.25, -0.2) is 9.37 Å². The zero-order valence-electron chi connectivity index (χ0n) is 16.7. The Hall–Kier alpha value is -2.47. The molecule has 0 N–H and O–H groups in total. The van der Waals surface area contributed by atoms with Crippen LogP contribution in [0.2, 0.25) is 0 Å². The maximum atomic E-state index is 13.6. The van der Waals surface area contributed by atoms with Crippen molar-refractivity contribution in [1.82, 2.24) is 14.5 Å². The first-order valence-corrected chi connectivity index (χ1v) is 10.5. The number of amides is 1. The lowest BCUT2D eigenvalue weighted by molar-refractivity contribution is 0.0729. The molecule has 2 aromatic carbocycles. The van der Waals surface area contributed by atoms with Gasteiger partial charge < -0.3 is 9.47 Å². The minimum Gasteiger partial charge on any atom is -0.331 e. The fourth-order valence-electron chi connectivity index (χ4n) is 3.23. The Labute approximate surface area is 179 Å². The number of carbonyl (C=O) groups excluding carboxylic acids is 1. The molecule has 0 radical (unpaired) electrons. The van der Waals surface area contributed by atoms with E-state index in [-0.39, 0.29) is 16.2 Å². The van der Waals surface area contributed by atoms with Crippen molar-refractivity contribution in [3.05, 3.63) is 76.8 Å². The first-order valence-electron chi connectivity index (χ1n) is 9.70. The van der Waals surface area contributed by atoms with Gasteiger partial charge in [0.2, 0.25) is 0 Å². The molecule has 1 amide bonds. The van der Waals surface area contributed by atoms with E-state index in [1.54, 1.807) is 4.90 Å². The topological polar surface area (TPSA) is 38.1 Å². The van der Waals surface area contributed by atoms with Gasteiger partial charge in [0, 0.05) is 18.7 Å². The van der Waals surface area contributed by atoms with Crippen LogP contribution in [-0.4, -0.2) is 26.9 Å². The van der Waals surface area contributed by atoms with Crippen LogP contribution >= 0.6 is 15.9 Å². The van der Waals surface area contributed by atoms with Crippen LogP contribution in [0.5, 0.6) is 0 Å². The molecule has 0 atom stereocenters. The van der Waals surface area contributed by atoms with Crippen molar-refractivity contribution in [1.29, 1.82) is 0 Å². The van der Waals surface area contributed by atoms with E-state index >= 15 is 0 Å². The van der Waals surface area contributed by atoms with E-state index < -0.39 is 0 Å². The number of benzene rings is 2. The normalized spacial score (nSPS) is 11.2. The molecule has 3 rings (SSSR count). The number of aromatic nitrogens is 2. The number of allylic oxidation sites excluding steroid dienone is 1. The lowest BCUT2D eigenvalue weighted by Crippen LogP contribution is -2.33. The van der Waals surface area contributed by atoms with Crippen LogP contribution in [0.1, 0.15) is 36.5 Å². The molecule has 0 unspecified atom stereocenters. The van der Waals surface area contributed by atoms with Crippen LogP contribution in [0.3, 0.4) is 0 Å². The standard InChI is InChI=1S/C23H25BrFN3O/c1-4-12-28-21-8-6-5-7-20(21)26-22(28)15-27(13-11-16(2)3)23(29)17-9-10-19(25)18(24)14-17/h4-10,14,16H,1,11-13,15H2,2-3H3. The maximum Gasteiger partial charge on any atom is 0.254 e. The van der Waals surface area contributed by atoms with Crippen molar-refractivity contribution in [3.63, 3.8) is 0 Å². The summed E-state index contributed by atoms with van der Waals surface area (Å²) in [5.74, 6) is 0.744. The summed E-state index contributed by atoms with van der Waals surface area (Å²) >= 11 is 3.17. The van der Waals surface area contributed by atoms with Gasteiger partial charge in [-0.1, -0.05) is 32.1 Å². The second kappa shape index (κ2) is 9.35. The largest absolute Gasteiger partial charge is 0.331 e. The van der Waals surface area contributed by atoms with Crippen molar-refractivity contribution in [2.45, 2.75) is 33.4 Å². The number of halogens is 2. The Morgan fingerprint density at radius 3 is 2.76 bits per heavy atom. The summed E-state index contributed by atoms with van der Waals surface area (Å²) in [5.41, 5.74) is 2.36. The molecular formula is C23H25BrFN3O. The van der Waals surface area contributed by atoms with E-state index in [1.165, 1.54) is 18.2 Å². The summed E-state index contributed by atoms with van der Waals surface area (Å²) in [6.45, 7) is 9.70. The molecule has 1 heterocycles. The van der Waals surface area contributed by atoms with Crippen LogP contribution in [0.4, 0.5) is 4.39 Å². The Bertz CT molecular complexity index is 1030. The first kappa shape index (κ1) is 21.2. The number of imidazole rings is 1. The molecule has 0 fully saturated rings. The number of fused-ring (bicyclic) bond motifs is 1. The third-order valence-corrected chi connectivity index (χ3v) is 5.42. The highest BCUT2D eigenvalue weighted by molar-refractivity contribution is 9.10. The quantitative estimate of drug-likeness (QED) is 0.400. The van der Waals surface area contributed by atoms with Gasteiger partial charge in [0.1, 0.15) is 11.6 Å². The molecule has 152 valence electrons. The summed E-state index contributed by atoms with van der Waals surface area (Å²) < 4.78 is 16.0. The van der Waals surface area contributed by atoms with Gasteiger partial charge in [-0.05, 0) is 58.6 Å². The molecule has 0 saturated carbocycles. The molecule has 3 aromatic rings. The number of hydrogen-bond acceptors (Lipinski definition) is 2. The predicted octanol–water partition coefficient (Wildman–Crippen LogP) is 5.81. The van der Waals surface area contributed by atoms with Gasteiger partial charge in [-0.15, -0.1) is 6.58 Å². The van der Waals surface area contributed by atoms with Gasteiger partial charge >= 0.3 is 0 Å². The summed E-state index contributed by atoms with van der Waals surface area (Å²) in [4.78, 5) is 19.8. The highest BCUT2D eigenvalue weighted by atomic mass is 79.9. The van der Waals surface area contributed by atoms with Crippen LogP contribution in [-0.2, 0) is 13.1 Å². The summed E-state index contributed by atoms with van der Waals surface area (Å²) in [5, 5.41) is 0. The van der Waals surface area contributed by atoms with Gasteiger partial charge in [-0.2, -0.15) is 0 Å². The molecule has 0 aliphatic carbocycles. The van der Waals surface area contributed by atoms with Crippen LogP contribution in [0.15, 0.2) is 59.6 Å². The van der Waals surface area contributed by atoms with Crippen molar-refractivity contribution in [2.75, 3.05) is 6.54 Å². The predicted molar refractivity (Wildman–Crippen MR) is 118 cm³/mol. The summed E-state index contributed by atoms with van der Waals surface area (Å²) in [6, 6.07) is 12.3. The monoisotopic (exact) mass is 457 g/mol. The summed E-state index contributed by atoms with van der Waals surface area (Å²) in [7, 11) is 0. The molecule has 29 heavy (non-hydrogen) atoms. The second-order valence-corrected chi connectivity index (χ2v) is 8.31. The van der Waals surface area contributed by atoms with Crippen molar-refractivity contribution < 1.29 is 9.18 Å². The van der Waals surface area contributed by atoms with Gasteiger partial charge in [0.15, 0.2) is 0 Å². The second-order valence-electron chi connectivity index (χ2n) is 7.45. The number of hydrogen-bond donors (Lipinski definition) is 0. The molecule has 0 saturated heterocycles. The fourth-order valence-corrected chi connectivity index (χ4v) is 3.61. The molecule has 0 bridgehead atoms. The van der Waals surface area contributed by atoms with E-state index in [0.29, 0.717) is 31.1 Å². The van der Waals surface area contributed by atoms with Crippen molar-refractivity contribution in [2.24, 2.45) is 5.92 Å². The first-order chi connectivity index (χ1) is 13.9. The van der Waals surface area contributed by atoms with Crippen molar-refractivity contribution in [3.8, 4) is 0 Å². The molecular weight excluding hydrogens is 433 g/mol. The maximum absolute atomic E-state index is 13.6.